The van der Waals surface area contributed by atoms with Crippen molar-refractivity contribution in [2.24, 2.45) is 0 Å². The molecule has 0 heterocycles. The van der Waals surface area contributed by atoms with Gasteiger partial charge < -0.3 is 4.74 Å². The van der Waals surface area contributed by atoms with E-state index in [0.29, 0.717) is 11.3 Å². The fourth-order valence-electron chi connectivity index (χ4n) is 1.53. The number of benzene rings is 2. The van der Waals surface area contributed by atoms with Gasteiger partial charge in [-0.05, 0) is 36.6 Å². The summed E-state index contributed by atoms with van der Waals surface area (Å²) in [5.41, 5.74) is 0.528. The summed E-state index contributed by atoms with van der Waals surface area (Å²) in [6.07, 6.45) is 2.78. The molecule has 2 aromatic carbocycles. The van der Waals surface area contributed by atoms with Crippen LogP contribution in [0.15, 0.2) is 51.8 Å². The quantitative estimate of drug-likeness (QED) is 0.598. The fourth-order valence-corrected chi connectivity index (χ4v) is 2.43. The first kappa shape index (κ1) is 13.2. The molecule has 2 aromatic rings. The van der Waals surface area contributed by atoms with Gasteiger partial charge in [0, 0.05) is 9.37 Å². The number of aldehydes is 1. The average Bonchev–Trinajstić information content (AvgIpc) is 2.41. The van der Waals surface area contributed by atoms with E-state index in [0.717, 1.165) is 21.4 Å². The molecule has 4 heteroatoms. The molecule has 18 heavy (non-hydrogen) atoms. The number of carbonyl (C=O) groups excluding carboxylic acids is 1. The molecule has 0 saturated carbocycles. The van der Waals surface area contributed by atoms with E-state index in [1.54, 1.807) is 23.9 Å². The Balaban J connectivity index is 2.36. The molecule has 2 nitrogen and oxygen atoms in total. The predicted molar refractivity (Wildman–Crippen MR) is 77.8 cm³/mol. The van der Waals surface area contributed by atoms with Gasteiger partial charge in [0.2, 0.25) is 0 Å². The van der Waals surface area contributed by atoms with Crippen LogP contribution in [0.25, 0.3) is 0 Å². The molecular weight excluding hydrogens is 312 g/mol. The zero-order chi connectivity index (χ0) is 13.0. The first-order valence-electron chi connectivity index (χ1n) is 5.30. The van der Waals surface area contributed by atoms with Crippen molar-refractivity contribution in [3.8, 4) is 11.5 Å². The topological polar surface area (TPSA) is 26.3 Å². The fraction of sp³-hybridized carbons (Fsp3) is 0.0714. The van der Waals surface area contributed by atoms with Gasteiger partial charge in [0.25, 0.3) is 0 Å². The van der Waals surface area contributed by atoms with Crippen LogP contribution in [0.4, 0.5) is 0 Å². The molecule has 2 rings (SSSR count). The van der Waals surface area contributed by atoms with Crippen LogP contribution in [0.3, 0.4) is 0 Å². The van der Waals surface area contributed by atoms with Crippen LogP contribution in [0.5, 0.6) is 11.5 Å². The van der Waals surface area contributed by atoms with E-state index in [1.807, 2.05) is 36.6 Å². The molecule has 0 N–H and O–H groups in total. The maximum atomic E-state index is 11.0. The van der Waals surface area contributed by atoms with Crippen LogP contribution < -0.4 is 4.74 Å². The predicted octanol–water partition coefficient (Wildman–Crippen LogP) is 4.78. The molecule has 0 saturated heterocycles. The Kier molecular flexibility index (Phi) is 4.44. The minimum Gasteiger partial charge on any atom is -0.455 e. The Morgan fingerprint density at radius 1 is 1.17 bits per heavy atom. The van der Waals surface area contributed by atoms with Crippen molar-refractivity contribution >= 4 is 34.0 Å². The van der Waals surface area contributed by atoms with E-state index in [9.17, 15) is 4.79 Å². The summed E-state index contributed by atoms with van der Waals surface area (Å²) in [4.78, 5) is 12.1. The molecule has 0 aliphatic heterocycles. The van der Waals surface area contributed by atoms with Gasteiger partial charge in [-0.3, -0.25) is 4.79 Å². The van der Waals surface area contributed by atoms with Gasteiger partial charge in [0.1, 0.15) is 11.5 Å². The van der Waals surface area contributed by atoms with Crippen molar-refractivity contribution in [3.63, 3.8) is 0 Å². The van der Waals surface area contributed by atoms with Gasteiger partial charge in [0.15, 0.2) is 6.29 Å². The number of hydrogen-bond donors (Lipinski definition) is 0. The van der Waals surface area contributed by atoms with Gasteiger partial charge in [-0.1, -0.05) is 28.1 Å². The summed E-state index contributed by atoms with van der Waals surface area (Å²) in [5, 5.41) is 0. The number of rotatable bonds is 4. The van der Waals surface area contributed by atoms with Gasteiger partial charge in [-0.15, -0.1) is 11.8 Å². The van der Waals surface area contributed by atoms with Gasteiger partial charge in [-0.25, -0.2) is 0 Å². The highest BCUT2D eigenvalue weighted by atomic mass is 79.9. The monoisotopic (exact) mass is 322 g/mol. The number of hydrogen-bond acceptors (Lipinski definition) is 3. The first-order chi connectivity index (χ1) is 8.74. The van der Waals surface area contributed by atoms with Crippen molar-refractivity contribution in [1.29, 1.82) is 0 Å². The molecular formula is C14H11BrO2S. The number of para-hydroxylation sites is 1. The second-order valence-corrected chi connectivity index (χ2v) is 5.32. The van der Waals surface area contributed by atoms with Crippen molar-refractivity contribution < 1.29 is 9.53 Å². The van der Waals surface area contributed by atoms with Crippen molar-refractivity contribution in [2.75, 3.05) is 6.26 Å². The molecule has 92 valence electrons. The molecule has 0 spiro atoms. The lowest BCUT2D eigenvalue weighted by Gasteiger charge is -2.11. The lowest BCUT2D eigenvalue weighted by Crippen LogP contribution is -1.91. The van der Waals surface area contributed by atoms with Crippen molar-refractivity contribution in [2.45, 2.75) is 4.90 Å². The number of thioether (sulfide) groups is 1. The summed E-state index contributed by atoms with van der Waals surface area (Å²) in [5.74, 6) is 1.32. The zero-order valence-corrected chi connectivity index (χ0v) is 12.1. The zero-order valence-electron chi connectivity index (χ0n) is 9.72. The molecule has 0 atom stereocenters. The third-order valence-electron chi connectivity index (χ3n) is 2.39. The second kappa shape index (κ2) is 6.07. The minimum absolute atomic E-state index is 0.528. The Labute approximate surface area is 118 Å². The number of halogens is 1. The van der Waals surface area contributed by atoms with Crippen LogP contribution in [-0.4, -0.2) is 12.5 Å². The minimum atomic E-state index is 0.528. The van der Waals surface area contributed by atoms with Crippen LogP contribution >= 0.6 is 27.7 Å². The highest BCUT2D eigenvalue weighted by Gasteiger charge is 2.07. The normalized spacial score (nSPS) is 10.1. The van der Waals surface area contributed by atoms with Crippen molar-refractivity contribution in [3.05, 3.63) is 52.5 Å². The van der Waals surface area contributed by atoms with Crippen LogP contribution in [0.2, 0.25) is 0 Å². The summed E-state index contributed by atoms with van der Waals surface area (Å²) in [6.45, 7) is 0. The Hall–Kier alpha value is -1.26. The maximum Gasteiger partial charge on any atom is 0.153 e. The Bertz CT molecular complexity index is 569. The smallest absolute Gasteiger partial charge is 0.153 e. The van der Waals surface area contributed by atoms with E-state index in [2.05, 4.69) is 15.9 Å². The molecule has 0 bridgehead atoms. The SMILES string of the molecule is CSc1ccccc1Oc1ccc(Br)cc1C=O. The molecule has 0 aromatic heterocycles. The van der Waals surface area contributed by atoms with Gasteiger partial charge in [0.05, 0.1) is 5.56 Å². The van der Waals surface area contributed by atoms with Crippen LogP contribution in [-0.2, 0) is 0 Å². The highest BCUT2D eigenvalue weighted by Crippen LogP contribution is 2.33. The molecule has 0 radical (unpaired) electrons. The van der Waals surface area contributed by atoms with Crippen molar-refractivity contribution in [1.82, 2.24) is 0 Å². The van der Waals surface area contributed by atoms with Gasteiger partial charge in [-0.2, -0.15) is 0 Å². The Morgan fingerprint density at radius 2 is 1.94 bits per heavy atom. The molecule has 0 aliphatic rings. The maximum absolute atomic E-state index is 11.0. The molecule has 0 fully saturated rings. The summed E-state index contributed by atoms with van der Waals surface area (Å²) < 4.78 is 6.66. The standard InChI is InChI=1S/C14H11BrO2S/c1-18-14-5-3-2-4-13(14)17-12-7-6-11(15)8-10(12)9-16/h2-9H,1H3. The van der Waals surface area contributed by atoms with E-state index in [1.165, 1.54) is 0 Å². The number of carbonyl (C=O) groups is 1. The third kappa shape index (κ3) is 2.94. The third-order valence-corrected chi connectivity index (χ3v) is 3.66. The highest BCUT2D eigenvalue weighted by molar-refractivity contribution is 9.10. The van der Waals surface area contributed by atoms with Crippen LogP contribution in [0.1, 0.15) is 10.4 Å². The molecule has 0 amide bonds. The lowest BCUT2D eigenvalue weighted by molar-refractivity contribution is 0.112. The lowest BCUT2D eigenvalue weighted by atomic mass is 10.2. The summed E-state index contributed by atoms with van der Waals surface area (Å²) in [6, 6.07) is 13.1. The molecule has 0 aliphatic carbocycles. The van der Waals surface area contributed by atoms with E-state index < -0.39 is 0 Å². The van der Waals surface area contributed by atoms with E-state index in [-0.39, 0.29) is 0 Å². The largest absolute Gasteiger partial charge is 0.455 e. The Morgan fingerprint density at radius 3 is 2.67 bits per heavy atom. The summed E-state index contributed by atoms with van der Waals surface area (Å²) in [7, 11) is 0. The van der Waals surface area contributed by atoms with E-state index in [4.69, 9.17) is 4.74 Å². The van der Waals surface area contributed by atoms with E-state index >= 15 is 0 Å². The first-order valence-corrected chi connectivity index (χ1v) is 7.32. The van der Waals surface area contributed by atoms with Gasteiger partial charge >= 0.3 is 0 Å². The summed E-state index contributed by atoms with van der Waals surface area (Å²) >= 11 is 4.94. The molecule has 0 unspecified atom stereocenters. The second-order valence-electron chi connectivity index (χ2n) is 3.55. The number of ether oxygens (including phenoxy) is 1. The average molecular weight is 323 g/mol. The van der Waals surface area contributed by atoms with Crippen LogP contribution in [0, 0.1) is 0 Å².